The summed E-state index contributed by atoms with van der Waals surface area (Å²) in [6.07, 6.45) is 2.43. The number of nitrogens with zero attached hydrogens (tertiary/aromatic N) is 5. The number of aromatic nitrogens is 2. The normalized spacial score (nSPS) is 13.3. The molecule has 9 nitrogen and oxygen atoms in total. The van der Waals surface area contributed by atoms with Crippen LogP contribution in [0.4, 0.5) is 38.9 Å². The molecular weight excluding hydrogens is 415 g/mol. The van der Waals surface area contributed by atoms with Gasteiger partial charge in [0.25, 0.3) is 5.69 Å². The van der Waals surface area contributed by atoms with Gasteiger partial charge in [0.05, 0.1) is 11.1 Å². The first-order valence-corrected chi connectivity index (χ1v) is 10.0. The Hall–Kier alpha value is -4.08. The second-order valence-electron chi connectivity index (χ2n) is 7.47. The predicted octanol–water partition coefficient (Wildman–Crippen LogP) is 4.47. The van der Waals surface area contributed by atoms with Crippen LogP contribution in [-0.2, 0) is 4.79 Å². The van der Waals surface area contributed by atoms with Crippen LogP contribution in [0.5, 0.6) is 0 Å². The Morgan fingerprint density at radius 2 is 1.97 bits per heavy atom. The van der Waals surface area contributed by atoms with Crippen molar-refractivity contribution < 1.29 is 14.1 Å². The van der Waals surface area contributed by atoms with E-state index in [1.165, 1.54) is 29.2 Å². The highest BCUT2D eigenvalue weighted by atomic mass is 19.1. The van der Waals surface area contributed by atoms with E-state index in [9.17, 15) is 19.3 Å². The SMILES string of the molecule is Cc1ccc(Nc2ncc(F)c(N(C)c3ccc([N+](=O)[O-])cc3)n2)cc1N1CCCC1=O. The van der Waals surface area contributed by atoms with Crippen molar-refractivity contribution in [3.8, 4) is 0 Å². The maximum atomic E-state index is 14.5. The molecule has 2 heterocycles. The maximum Gasteiger partial charge on any atom is 0.269 e. The molecule has 0 atom stereocenters. The van der Waals surface area contributed by atoms with Crippen molar-refractivity contribution in [1.29, 1.82) is 0 Å². The van der Waals surface area contributed by atoms with Crippen molar-refractivity contribution in [2.24, 2.45) is 0 Å². The van der Waals surface area contributed by atoms with Crippen LogP contribution in [0.15, 0.2) is 48.7 Å². The van der Waals surface area contributed by atoms with Gasteiger partial charge in [-0.3, -0.25) is 14.9 Å². The molecule has 0 unspecified atom stereocenters. The standard InChI is InChI=1S/C22H21FN6O3/c1-14-5-6-15(12-19(14)28-11-3-4-20(28)30)25-22-24-13-18(23)21(26-22)27(2)16-7-9-17(10-8-16)29(31)32/h5-10,12-13H,3-4,11H2,1-2H3,(H,24,25,26). The van der Waals surface area contributed by atoms with Crippen LogP contribution < -0.4 is 15.1 Å². The zero-order valence-corrected chi connectivity index (χ0v) is 17.6. The first kappa shape index (κ1) is 21.2. The Kier molecular flexibility index (Phi) is 5.67. The lowest BCUT2D eigenvalue weighted by Gasteiger charge is -2.20. The Labute approximate surface area is 183 Å². The number of nitro groups is 1. The van der Waals surface area contributed by atoms with Crippen molar-refractivity contribution >= 4 is 40.4 Å². The van der Waals surface area contributed by atoms with Crippen LogP contribution in [0.1, 0.15) is 18.4 Å². The highest BCUT2D eigenvalue weighted by Gasteiger charge is 2.23. The molecule has 2 aromatic carbocycles. The van der Waals surface area contributed by atoms with Gasteiger partial charge >= 0.3 is 0 Å². The van der Waals surface area contributed by atoms with E-state index in [4.69, 9.17) is 0 Å². The van der Waals surface area contributed by atoms with E-state index in [0.29, 0.717) is 24.3 Å². The molecule has 0 radical (unpaired) electrons. The summed E-state index contributed by atoms with van der Waals surface area (Å²) in [6, 6.07) is 11.3. The molecule has 1 fully saturated rings. The number of nitro benzene ring substituents is 1. The lowest BCUT2D eigenvalue weighted by Crippen LogP contribution is -2.24. The molecule has 1 aliphatic heterocycles. The van der Waals surface area contributed by atoms with Crippen molar-refractivity contribution in [2.75, 3.05) is 28.7 Å². The Morgan fingerprint density at radius 1 is 1.22 bits per heavy atom. The summed E-state index contributed by atoms with van der Waals surface area (Å²) >= 11 is 0. The number of amides is 1. The summed E-state index contributed by atoms with van der Waals surface area (Å²) in [7, 11) is 1.61. The summed E-state index contributed by atoms with van der Waals surface area (Å²) in [4.78, 5) is 34.0. The summed E-state index contributed by atoms with van der Waals surface area (Å²) in [5.74, 6) is -0.352. The maximum absolute atomic E-state index is 14.5. The molecule has 4 rings (SSSR count). The van der Waals surface area contributed by atoms with Gasteiger partial charge in [0.2, 0.25) is 11.9 Å². The third-order valence-corrected chi connectivity index (χ3v) is 5.32. The summed E-state index contributed by atoms with van der Waals surface area (Å²) < 4.78 is 14.5. The van der Waals surface area contributed by atoms with E-state index in [-0.39, 0.29) is 23.4 Å². The van der Waals surface area contributed by atoms with Crippen LogP contribution in [0, 0.1) is 22.9 Å². The van der Waals surface area contributed by atoms with Crippen molar-refractivity contribution in [3.63, 3.8) is 0 Å². The molecular formula is C22H21FN6O3. The van der Waals surface area contributed by atoms with Crippen molar-refractivity contribution in [3.05, 3.63) is 70.2 Å². The number of anilines is 5. The minimum Gasteiger partial charge on any atom is -0.327 e. The van der Waals surface area contributed by atoms with Gasteiger partial charge in [-0.2, -0.15) is 4.98 Å². The number of halogens is 1. The average Bonchev–Trinajstić information content (AvgIpc) is 3.21. The van der Waals surface area contributed by atoms with Gasteiger partial charge in [-0.15, -0.1) is 0 Å². The number of carbonyl (C=O) groups excluding carboxylic acids is 1. The molecule has 1 amide bonds. The van der Waals surface area contributed by atoms with E-state index in [1.54, 1.807) is 11.9 Å². The highest BCUT2D eigenvalue weighted by molar-refractivity contribution is 5.96. The van der Waals surface area contributed by atoms with Crippen LogP contribution in [0.3, 0.4) is 0 Å². The molecule has 1 N–H and O–H groups in total. The molecule has 1 saturated heterocycles. The van der Waals surface area contributed by atoms with Gasteiger partial charge in [-0.25, -0.2) is 9.37 Å². The molecule has 3 aromatic rings. The van der Waals surface area contributed by atoms with E-state index in [1.807, 2.05) is 25.1 Å². The molecule has 0 saturated carbocycles. The Balaban J connectivity index is 1.59. The molecule has 164 valence electrons. The van der Waals surface area contributed by atoms with Gasteiger partial charge < -0.3 is 15.1 Å². The van der Waals surface area contributed by atoms with E-state index in [2.05, 4.69) is 15.3 Å². The van der Waals surface area contributed by atoms with E-state index in [0.717, 1.165) is 23.9 Å². The molecule has 1 aliphatic rings. The lowest BCUT2D eigenvalue weighted by atomic mass is 10.1. The highest BCUT2D eigenvalue weighted by Crippen LogP contribution is 2.30. The molecule has 0 aliphatic carbocycles. The average molecular weight is 436 g/mol. The van der Waals surface area contributed by atoms with Crippen LogP contribution in [0.25, 0.3) is 0 Å². The summed E-state index contributed by atoms with van der Waals surface area (Å²) in [5, 5.41) is 13.9. The fourth-order valence-electron chi connectivity index (χ4n) is 3.58. The Bertz CT molecular complexity index is 1180. The van der Waals surface area contributed by atoms with Gasteiger partial charge in [-0.1, -0.05) is 6.07 Å². The monoisotopic (exact) mass is 436 g/mol. The minimum absolute atomic E-state index is 0.0124. The first-order valence-electron chi connectivity index (χ1n) is 10.0. The summed E-state index contributed by atoms with van der Waals surface area (Å²) in [5.41, 5.74) is 2.94. The topological polar surface area (TPSA) is 104 Å². The van der Waals surface area contributed by atoms with Crippen molar-refractivity contribution in [1.82, 2.24) is 9.97 Å². The molecule has 10 heteroatoms. The third kappa shape index (κ3) is 4.20. The number of hydrogen-bond donors (Lipinski definition) is 1. The number of non-ortho nitro benzene ring substituents is 1. The largest absolute Gasteiger partial charge is 0.327 e. The lowest BCUT2D eigenvalue weighted by molar-refractivity contribution is -0.384. The molecule has 32 heavy (non-hydrogen) atoms. The quantitative estimate of drug-likeness (QED) is 0.449. The number of nitrogens with one attached hydrogen (secondary N) is 1. The van der Waals surface area contributed by atoms with Crippen LogP contribution in [0.2, 0.25) is 0 Å². The fraction of sp³-hybridized carbons (Fsp3) is 0.227. The predicted molar refractivity (Wildman–Crippen MR) is 119 cm³/mol. The van der Waals surface area contributed by atoms with E-state index >= 15 is 0 Å². The molecule has 1 aromatic heterocycles. The van der Waals surface area contributed by atoms with Crippen LogP contribution in [-0.4, -0.2) is 34.4 Å². The molecule has 0 bridgehead atoms. The zero-order chi connectivity index (χ0) is 22.8. The zero-order valence-electron chi connectivity index (χ0n) is 17.6. The van der Waals surface area contributed by atoms with Crippen LogP contribution >= 0.6 is 0 Å². The number of benzene rings is 2. The van der Waals surface area contributed by atoms with Gasteiger partial charge in [-0.05, 0) is 43.2 Å². The van der Waals surface area contributed by atoms with E-state index < -0.39 is 10.7 Å². The van der Waals surface area contributed by atoms with Crippen molar-refractivity contribution in [2.45, 2.75) is 19.8 Å². The van der Waals surface area contributed by atoms with Gasteiger partial charge in [0.15, 0.2) is 11.6 Å². The first-order chi connectivity index (χ1) is 15.3. The second kappa shape index (κ2) is 8.58. The summed E-state index contributed by atoms with van der Waals surface area (Å²) in [6.45, 7) is 2.62. The second-order valence-corrected chi connectivity index (χ2v) is 7.47. The minimum atomic E-state index is -0.635. The number of carbonyl (C=O) groups is 1. The van der Waals surface area contributed by atoms with Gasteiger partial charge in [0, 0.05) is 49.2 Å². The number of rotatable bonds is 6. The number of hydrogen-bond acceptors (Lipinski definition) is 7. The third-order valence-electron chi connectivity index (χ3n) is 5.32. The molecule has 0 spiro atoms. The smallest absolute Gasteiger partial charge is 0.269 e. The Morgan fingerprint density at radius 3 is 2.62 bits per heavy atom. The fourth-order valence-corrected chi connectivity index (χ4v) is 3.58. The van der Waals surface area contributed by atoms with Gasteiger partial charge in [0.1, 0.15) is 0 Å². The number of aryl methyl sites for hydroxylation is 1.